The quantitative estimate of drug-likeness (QED) is 0.680. The van der Waals surface area contributed by atoms with Crippen LogP contribution in [0.15, 0.2) is 22.8 Å². The maximum absolute atomic E-state index is 12.3. The minimum atomic E-state index is -3.37. The van der Waals surface area contributed by atoms with Crippen LogP contribution in [0.1, 0.15) is 31.4 Å². The van der Waals surface area contributed by atoms with E-state index in [9.17, 15) is 13.2 Å². The molecule has 1 aliphatic rings. The first kappa shape index (κ1) is 15.1. The summed E-state index contributed by atoms with van der Waals surface area (Å²) in [6, 6.07) is 3.58. The Kier molecular flexibility index (Phi) is 4.82. The lowest BCUT2D eigenvalue weighted by Crippen LogP contribution is -2.34. The predicted octanol–water partition coefficient (Wildman–Crippen LogP) is 1.53. The topological polar surface area (TPSA) is 76.8 Å². The highest BCUT2D eigenvalue weighted by Gasteiger charge is 2.37. The van der Waals surface area contributed by atoms with Crippen LogP contribution in [0.3, 0.4) is 0 Å². The highest BCUT2D eigenvalue weighted by molar-refractivity contribution is 7.89. The molecule has 20 heavy (non-hydrogen) atoms. The van der Waals surface area contributed by atoms with Gasteiger partial charge in [0.25, 0.3) is 0 Å². The highest BCUT2D eigenvalue weighted by atomic mass is 32.2. The molecular weight excluding hydrogens is 282 g/mol. The second-order valence-corrected chi connectivity index (χ2v) is 6.89. The van der Waals surface area contributed by atoms with Crippen LogP contribution in [0.4, 0.5) is 0 Å². The number of nitrogens with zero attached hydrogens (tertiary/aromatic N) is 1. The van der Waals surface area contributed by atoms with E-state index in [4.69, 9.17) is 4.42 Å². The van der Waals surface area contributed by atoms with Crippen molar-refractivity contribution in [2.45, 2.75) is 38.3 Å². The van der Waals surface area contributed by atoms with Crippen molar-refractivity contribution in [3.8, 4) is 0 Å². The van der Waals surface area contributed by atoms with E-state index in [1.165, 1.54) is 17.7 Å². The van der Waals surface area contributed by atoms with Crippen molar-refractivity contribution < 1.29 is 22.4 Å². The molecule has 1 aliphatic carbocycles. The molecule has 1 aromatic rings. The number of hydrogen-bond acceptors (Lipinski definition) is 5. The predicted molar refractivity (Wildman–Crippen MR) is 72.3 cm³/mol. The molecule has 0 radical (unpaired) electrons. The van der Waals surface area contributed by atoms with E-state index in [-0.39, 0.29) is 37.2 Å². The molecule has 1 heterocycles. The van der Waals surface area contributed by atoms with Gasteiger partial charge in [-0.1, -0.05) is 0 Å². The maximum atomic E-state index is 12.3. The Morgan fingerprint density at radius 1 is 1.50 bits per heavy atom. The van der Waals surface area contributed by atoms with Gasteiger partial charge in [-0.2, -0.15) is 4.31 Å². The molecule has 6 nitrogen and oxygen atoms in total. The van der Waals surface area contributed by atoms with Crippen molar-refractivity contribution in [2.75, 3.05) is 12.9 Å². The first-order valence-corrected chi connectivity index (χ1v) is 8.22. The lowest BCUT2D eigenvalue weighted by molar-refractivity contribution is -0.140. The van der Waals surface area contributed by atoms with Crippen LogP contribution in [0.2, 0.25) is 0 Å². The Morgan fingerprint density at radius 2 is 2.25 bits per heavy atom. The molecule has 1 saturated carbocycles. The molecule has 2 rings (SSSR count). The van der Waals surface area contributed by atoms with Crippen molar-refractivity contribution in [3.63, 3.8) is 0 Å². The molecule has 0 bridgehead atoms. The average Bonchev–Trinajstić information content (AvgIpc) is 3.11. The first-order chi connectivity index (χ1) is 9.53. The van der Waals surface area contributed by atoms with E-state index in [0.29, 0.717) is 5.76 Å². The standard InChI is InChI=1S/C13H19NO5S/c1-18-13(15)5-3-9-20(16,17)14(11-6-7-11)10-12-4-2-8-19-12/h2,4,8,11H,3,5-7,9-10H2,1H3. The van der Waals surface area contributed by atoms with Gasteiger partial charge in [-0.3, -0.25) is 4.79 Å². The van der Waals surface area contributed by atoms with Gasteiger partial charge in [-0.05, 0) is 31.4 Å². The summed E-state index contributed by atoms with van der Waals surface area (Å²) >= 11 is 0. The fraction of sp³-hybridized carbons (Fsp3) is 0.615. The zero-order chi connectivity index (χ0) is 14.6. The number of carbonyl (C=O) groups is 1. The molecule has 0 unspecified atom stereocenters. The van der Waals surface area contributed by atoms with Crippen LogP contribution in [-0.2, 0) is 26.1 Å². The Hall–Kier alpha value is -1.34. The molecule has 0 aromatic carbocycles. The number of furan rings is 1. The van der Waals surface area contributed by atoms with Crippen molar-refractivity contribution in [2.24, 2.45) is 0 Å². The summed E-state index contributed by atoms with van der Waals surface area (Å²) in [5.74, 6) is 0.205. The zero-order valence-electron chi connectivity index (χ0n) is 11.4. The Balaban J connectivity index is 1.95. The minimum absolute atomic E-state index is 0.0424. The summed E-state index contributed by atoms with van der Waals surface area (Å²) in [6.07, 6.45) is 3.70. The molecule has 1 aromatic heterocycles. The zero-order valence-corrected chi connectivity index (χ0v) is 12.3. The second-order valence-electron chi connectivity index (χ2n) is 4.85. The van der Waals surface area contributed by atoms with Gasteiger partial charge in [-0.25, -0.2) is 8.42 Å². The molecule has 0 spiro atoms. The monoisotopic (exact) mass is 301 g/mol. The van der Waals surface area contributed by atoms with E-state index < -0.39 is 10.0 Å². The van der Waals surface area contributed by atoms with E-state index in [1.54, 1.807) is 12.1 Å². The van der Waals surface area contributed by atoms with Gasteiger partial charge in [0.2, 0.25) is 10.0 Å². The van der Waals surface area contributed by atoms with Crippen LogP contribution < -0.4 is 0 Å². The Bertz CT molecular complexity index is 533. The Labute approximate surface area is 118 Å². The number of esters is 1. The van der Waals surface area contributed by atoms with Crippen molar-refractivity contribution in [1.29, 1.82) is 0 Å². The average molecular weight is 301 g/mol. The summed E-state index contributed by atoms with van der Waals surface area (Å²) in [7, 11) is -2.08. The molecule has 0 N–H and O–H groups in total. The molecule has 0 amide bonds. The van der Waals surface area contributed by atoms with Crippen LogP contribution in [0, 0.1) is 0 Å². The lowest BCUT2D eigenvalue weighted by atomic mass is 10.3. The van der Waals surface area contributed by atoms with Crippen molar-refractivity contribution in [1.82, 2.24) is 4.31 Å². The summed E-state index contributed by atoms with van der Waals surface area (Å²) < 4.78 is 35.9. The number of sulfonamides is 1. The van der Waals surface area contributed by atoms with Crippen LogP contribution >= 0.6 is 0 Å². The molecular formula is C13H19NO5S. The second kappa shape index (κ2) is 6.41. The third-order valence-corrected chi connectivity index (χ3v) is 5.16. The van der Waals surface area contributed by atoms with E-state index in [1.807, 2.05) is 0 Å². The van der Waals surface area contributed by atoms with Crippen LogP contribution in [0.25, 0.3) is 0 Å². The van der Waals surface area contributed by atoms with Gasteiger partial charge in [-0.15, -0.1) is 0 Å². The maximum Gasteiger partial charge on any atom is 0.305 e. The first-order valence-electron chi connectivity index (χ1n) is 6.61. The Morgan fingerprint density at radius 3 is 2.80 bits per heavy atom. The minimum Gasteiger partial charge on any atom is -0.469 e. The largest absolute Gasteiger partial charge is 0.469 e. The third-order valence-electron chi connectivity index (χ3n) is 3.21. The van der Waals surface area contributed by atoms with E-state index >= 15 is 0 Å². The van der Waals surface area contributed by atoms with Gasteiger partial charge in [0.15, 0.2) is 0 Å². The fourth-order valence-electron chi connectivity index (χ4n) is 1.99. The molecule has 0 atom stereocenters. The summed E-state index contributed by atoms with van der Waals surface area (Å²) in [5, 5.41) is 0. The van der Waals surface area contributed by atoms with Gasteiger partial charge >= 0.3 is 5.97 Å². The van der Waals surface area contributed by atoms with E-state index in [2.05, 4.69) is 4.74 Å². The van der Waals surface area contributed by atoms with Gasteiger partial charge in [0.05, 0.1) is 25.7 Å². The smallest absolute Gasteiger partial charge is 0.305 e. The number of hydrogen-bond donors (Lipinski definition) is 0. The number of rotatable bonds is 8. The summed E-state index contributed by atoms with van der Waals surface area (Å²) in [6.45, 7) is 0.262. The van der Waals surface area contributed by atoms with Crippen LogP contribution in [0.5, 0.6) is 0 Å². The number of methoxy groups -OCH3 is 1. The SMILES string of the molecule is COC(=O)CCCS(=O)(=O)N(Cc1ccco1)C1CC1. The lowest BCUT2D eigenvalue weighted by Gasteiger charge is -2.20. The third kappa shape index (κ3) is 4.08. The number of carbonyl (C=O) groups excluding carboxylic acids is 1. The van der Waals surface area contributed by atoms with Gasteiger partial charge < -0.3 is 9.15 Å². The molecule has 112 valence electrons. The normalized spacial score (nSPS) is 15.5. The number of ether oxygens (including phenoxy) is 1. The molecule has 0 aliphatic heterocycles. The summed E-state index contributed by atoms with van der Waals surface area (Å²) in [5.41, 5.74) is 0. The molecule has 1 fully saturated rings. The van der Waals surface area contributed by atoms with Crippen molar-refractivity contribution >= 4 is 16.0 Å². The summed E-state index contributed by atoms with van der Waals surface area (Å²) in [4.78, 5) is 11.0. The van der Waals surface area contributed by atoms with Crippen molar-refractivity contribution in [3.05, 3.63) is 24.2 Å². The molecule has 0 saturated heterocycles. The van der Waals surface area contributed by atoms with E-state index in [0.717, 1.165) is 12.8 Å². The van der Waals surface area contributed by atoms with Gasteiger partial charge in [0.1, 0.15) is 5.76 Å². The molecule has 7 heteroatoms. The van der Waals surface area contributed by atoms with Crippen LogP contribution in [-0.4, -0.2) is 37.6 Å². The highest BCUT2D eigenvalue weighted by Crippen LogP contribution is 2.31. The fourth-order valence-corrected chi connectivity index (χ4v) is 3.72. The van der Waals surface area contributed by atoms with Gasteiger partial charge in [0, 0.05) is 12.5 Å².